The van der Waals surface area contributed by atoms with Crippen LogP contribution in [0, 0.1) is 17.8 Å². The third kappa shape index (κ3) is 1.59. The zero-order valence-electron chi connectivity index (χ0n) is 8.66. The molecule has 0 spiro atoms. The van der Waals surface area contributed by atoms with E-state index in [0.29, 0.717) is 6.04 Å². The number of aliphatic imine (C=N–C) groups is 1. The van der Waals surface area contributed by atoms with Gasteiger partial charge in [0.1, 0.15) is 0 Å². The lowest BCUT2D eigenvalue weighted by molar-refractivity contribution is 0.462. The first-order valence-corrected chi connectivity index (χ1v) is 5.56. The van der Waals surface area contributed by atoms with Crippen molar-refractivity contribution in [1.29, 1.82) is 0 Å². The van der Waals surface area contributed by atoms with E-state index >= 15 is 0 Å². The lowest BCUT2D eigenvalue weighted by Gasteiger charge is -2.13. The van der Waals surface area contributed by atoms with E-state index in [-0.39, 0.29) is 0 Å². The molecule has 0 bridgehead atoms. The molecule has 1 saturated carbocycles. The Morgan fingerprint density at radius 1 is 1.54 bits per heavy atom. The van der Waals surface area contributed by atoms with Crippen LogP contribution in [0.15, 0.2) is 4.99 Å². The quantitative estimate of drug-likeness (QED) is 0.710. The molecule has 0 aromatic heterocycles. The van der Waals surface area contributed by atoms with E-state index < -0.39 is 0 Å². The molecular weight excluding hydrogens is 160 g/mol. The summed E-state index contributed by atoms with van der Waals surface area (Å²) in [7, 11) is 0. The molecule has 4 atom stereocenters. The molecule has 1 aliphatic carbocycles. The van der Waals surface area contributed by atoms with Crippen molar-refractivity contribution in [1.82, 2.24) is 0 Å². The third-order valence-corrected chi connectivity index (χ3v) is 3.58. The van der Waals surface area contributed by atoms with Crippen LogP contribution in [0.5, 0.6) is 0 Å². The second kappa shape index (κ2) is 3.32. The van der Waals surface area contributed by atoms with Crippen molar-refractivity contribution in [2.24, 2.45) is 28.5 Å². The van der Waals surface area contributed by atoms with Gasteiger partial charge in [-0.2, -0.15) is 0 Å². The van der Waals surface area contributed by atoms with Gasteiger partial charge in [-0.3, -0.25) is 4.99 Å². The third-order valence-electron chi connectivity index (χ3n) is 3.58. The van der Waals surface area contributed by atoms with E-state index in [2.05, 4.69) is 18.8 Å². The molecule has 0 aromatic rings. The fourth-order valence-electron chi connectivity index (χ4n) is 2.84. The molecule has 74 valence electrons. The summed E-state index contributed by atoms with van der Waals surface area (Å²) >= 11 is 0. The Bertz CT molecular complexity index is 222. The topological polar surface area (TPSA) is 38.4 Å². The molecule has 1 fully saturated rings. The van der Waals surface area contributed by atoms with Crippen LogP contribution >= 0.6 is 0 Å². The molecule has 1 aliphatic heterocycles. The number of nitrogens with zero attached hydrogens (tertiary/aromatic N) is 1. The van der Waals surface area contributed by atoms with E-state index in [9.17, 15) is 0 Å². The fraction of sp³-hybridized carbons (Fsp3) is 0.909. The molecule has 2 rings (SSSR count). The minimum Gasteiger partial charge on any atom is -0.387 e. The van der Waals surface area contributed by atoms with E-state index in [1.165, 1.54) is 19.3 Å². The van der Waals surface area contributed by atoms with Gasteiger partial charge in [0.15, 0.2) is 0 Å². The average Bonchev–Trinajstić information content (AvgIpc) is 2.74. The summed E-state index contributed by atoms with van der Waals surface area (Å²) < 4.78 is 0. The Kier molecular flexibility index (Phi) is 2.31. The molecule has 2 heteroatoms. The highest BCUT2D eigenvalue weighted by Crippen LogP contribution is 2.52. The van der Waals surface area contributed by atoms with Gasteiger partial charge < -0.3 is 5.73 Å². The van der Waals surface area contributed by atoms with Gasteiger partial charge in [0.25, 0.3) is 0 Å². The van der Waals surface area contributed by atoms with Crippen molar-refractivity contribution in [2.75, 3.05) is 0 Å². The molecule has 0 saturated heterocycles. The number of nitrogens with two attached hydrogens (primary N) is 1. The lowest BCUT2D eigenvalue weighted by atomic mass is 9.97. The molecule has 1 heterocycles. The van der Waals surface area contributed by atoms with Crippen LogP contribution in [0.3, 0.4) is 0 Å². The molecule has 2 nitrogen and oxygen atoms in total. The largest absolute Gasteiger partial charge is 0.387 e. The van der Waals surface area contributed by atoms with Crippen molar-refractivity contribution in [3.63, 3.8) is 0 Å². The van der Waals surface area contributed by atoms with Crippen molar-refractivity contribution in [3.8, 4) is 0 Å². The number of unbranched alkanes of at least 4 members (excludes halogenated alkanes) is 1. The van der Waals surface area contributed by atoms with Gasteiger partial charge in [-0.15, -0.1) is 0 Å². The molecule has 0 unspecified atom stereocenters. The summed E-state index contributed by atoms with van der Waals surface area (Å²) in [5, 5.41) is 0. The predicted octanol–water partition coefficient (Wildman–Crippen LogP) is 2.19. The predicted molar refractivity (Wildman–Crippen MR) is 55.7 cm³/mol. The summed E-state index contributed by atoms with van der Waals surface area (Å²) in [6.07, 6.45) is 5.07. The first kappa shape index (κ1) is 9.04. The van der Waals surface area contributed by atoms with Crippen LogP contribution in [0.1, 0.15) is 39.5 Å². The highest BCUT2D eigenvalue weighted by Gasteiger charge is 2.54. The van der Waals surface area contributed by atoms with Crippen LogP contribution in [0.25, 0.3) is 0 Å². The fourth-order valence-corrected chi connectivity index (χ4v) is 2.84. The highest BCUT2D eigenvalue weighted by molar-refractivity contribution is 5.82. The van der Waals surface area contributed by atoms with E-state index in [1.807, 2.05) is 0 Å². The summed E-state index contributed by atoms with van der Waals surface area (Å²) in [5.41, 5.74) is 5.78. The van der Waals surface area contributed by atoms with Crippen molar-refractivity contribution >= 4 is 5.84 Å². The van der Waals surface area contributed by atoms with Crippen LogP contribution in [0.2, 0.25) is 0 Å². The van der Waals surface area contributed by atoms with Gasteiger partial charge in [-0.25, -0.2) is 0 Å². The SMILES string of the molecule is CCCC[C@@H]1[C@H]2N=C(N)C[C@H](C)[C@@H]12. The molecule has 0 aromatic carbocycles. The van der Waals surface area contributed by atoms with Gasteiger partial charge in [0, 0.05) is 6.42 Å². The summed E-state index contributed by atoms with van der Waals surface area (Å²) in [5.74, 6) is 3.42. The van der Waals surface area contributed by atoms with Gasteiger partial charge in [-0.1, -0.05) is 26.7 Å². The molecule has 0 radical (unpaired) electrons. The van der Waals surface area contributed by atoms with Gasteiger partial charge in [0.2, 0.25) is 0 Å². The van der Waals surface area contributed by atoms with E-state index in [0.717, 1.165) is 30.0 Å². The molecular formula is C11H20N2. The monoisotopic (exact) mass is 180 g/mol. The zero-order chi connectivity index (χ0) is 9.42. The Morgan fingerprint density at radius 2 is 2.31 bits per heavy atom. The molecule has 0 amide bonds. The van der Waals surface area contributed by atoms with Crippen LogP contribution in [0.4, 0.5) is 0 Å². The number of hydrogen-bond acceptors (Lipinski definition) is 2. The Hall–Kier alpha value is -0.530. The number of amidine groups is 1. The molecule has 13 heavy (non-hydrogen) atoms. The highest BCUT2D eigenvalue weighted by atomic mass is 15.0. The second-order valence-corrected chi connectivity index (χ2v) is 4.68. The van der Waals surface area contributed by atoms with Crippen molar-refractivity contribution in [3.05, 3.63) is 0 Å². The number of hydrogen-bond donors (Lipinski definition) is 1. The maximum absolute atomic E-state index is 5.78. The zero-order valence-corrected chi connectivity index (χ0v) is 8.66. The van der Waals surface area contributed by atoms with Crippen molar-refractivity contribution in [2.45, 2.75) is 45.6 Å². The summed E-state index contributed by atoms with van der Waals surface area (Å²) in [6, 6.07) is 0.607. The number of fused-ring (bicyclic) bond motifs is 1. The molecule has 2 N–H and O–H groups in total. The normalized spacial score (nSPS) is 42.5. The maximum atomic E-state index is 5.78. The first-order chi connectivity index (χ1) is 6.24. The summed E-state index contributed by atoms with van der Waals surface area (Å²) in [4.78, 5) is 4.54. The average molecular weight is 180 g/mol. The van der Waals surface area contributed by atoms with E-state index in [1.54, 1.807) is 0 Å². The molecule has 2 aliphatic rings. The smallest absolute Gasteiger partial charge is 0.0943 e. The minimum absolute atomic E-state index is 0.607. The standard InChI is InChI=1S/C11H20N2/c1-3-4-5-8-10-7(2)6-9(12)13-11(8)10/h7-8,10-11H,3-6H2,1-2H3,(H2,12,13)/t7-,8-,10-,11+/m0/s1. The maximum Gasteiger partial charge on any atom is 0.0943 e. The Labute approximate surface area is 80.6 Å². The number of rotatable bonds is 3. The van der Waals surface area contributed by atoms with Gasteiger partial charge in [0.05, 0.1) is 11.9 Å². The second-order valence-electron chi connectivity index (χ2n) is 4.68. The van der Waals surface area contributed by atoms with Gasteiger partial charge >= 0.3 is 0 Å². The van der Waals surface area contributed by atoms with Crippen LogP contribution in [-0.2, 0) is 0 Å². The van der Waals surface area contributed by atoms with Crippen LogP contribution < -0.4 is 5.73 Å². The lowest BCUT2D eigenvalue weighted by Crippen LogP contribution is -2.22. The Balaban J connectivity index is 1.92. The minimum atomic E-state index is 0.607. The first-order valence-electron chi connectivity index (χ1n) is 5.56. The van der Waals surface area contributed by atoms with Crippen LogP contribution in [-0.4, -0.2) is 11.9 Å². The Morgan fingerprint density at radius 3 is 3.00 bits per heavy atom. The van der Waals surface area contributed by atoms with Crippen molar-refractivity contribution < 1.29 is 0 Å². The van der Waals surface area contributed by atoms with Gasteiger partial charge in [-0.05, 0) is 24.2 Å². The van der Waals surface area contributed by atoms with E-state index in [4.69, 9.17) is 5.73 Å². The summed E-state index contributed by atoms with van der Waals surface area (Å²) in [6.45, 7) is 4.58.